The highest BCUT2D eigenvalue weighted by molar-refractivity contribution is 7.88. The van der Waals surface area contributed by atoms with Crippen molar-refractivity contribution < 1.29 is 17.4 Å². The molecule has 4 aromatic rings. The molecular formula is C19H18N4O4S. The first kappa shape index (κ1) is 18.2. The molecule has 0 aliphatic rings. The van der Waals surface area contributed by atoms with E-state index in [4.69, 9.17) is 8.94 Å². The van der Waals surface area contributed by atoms with Gasteiger partial charge in [-0.3, -0.25) is 0 Å². The maximum Gasteiger partial charge on any atom is 0.276 e. The van der Waals surface area contributed by atoms with Gasteiger partial charge in [-0.15, -0.1) is 0 Å². The normalized spacial score (nSPS) is 12.0. The smallest absolute Gasteiger partial charge is 0.276 e. The van der Waals surface area contributed by atoms with Crippen molar-refractivity contribution in [1.29, 1.82) is 0 Å². The van der Waals surface area contributed by atoms with E-state index in [1.54, 1.807) is 16.9 Å². The largest absolute Gasteiger partial charge is 0.440 e. The summed E-state index contributed by atoms with van der Waals surface area (Å²) in [6.07, 6.45) is 4.93. The van der Waals surface area contributed by atoms with Crippen molar-refractivity contribution in [3.63, 3.8) is 0 Å². The van der Waals surface area contributed by atoms with Crippen LogP contribution in [-0.4, -0.2) is 34.7 Å². The molecule has 28 heavy (non-hydrogen) atoms. The zero-order chi connectivity index (χ0) is 19.7. The third-order valence-electron chi connectivity index (χ3n) is 4.33. The summed E-state index contributed by atoms with van der Waals surface area (Å²) in [6.45, 7) is 2.16. The van der Waals surface area contributed by atoms with Crippen LogP contribution >= 0.6 is 0 Å². The Labute approximate surface area is 162 Å². The Morgan fingerprint density at radius 1 is 1.11 bits per heavy atom. The fourth-order valence-electron chi connectivity index (χ4n) is 2.82. The molecule has 4 rings (SSSR count). The predicted molar refractivity (Wildman–Crippen MR) is 101 cm³/mol. The van der Waals surface area contributed by atoms with E-state index >= 15 is 0 Å². The highest BCUT2D eigenvalue weighted by Gasteiger charge is 2.26. The van der Waals surface area contributed by atoms with E-state index in [0.717, 1.165) is 16.8 Å². The molecule has 0 saturated carbocycles. The van der Waals surface area contributed by atoms with Crippen LogP contribution in [0, 0.1) is 6.92 Å². The Morgan fingerprint density at radius 2 is 1.93 bits per heavy atom. The van der Waals surface area contributed by atoms with Gasteiger partial charge in [-0.25, -0.2) is 13.1 Å². The molecule has 3 aromatic heterocycles. The van der Waals surface area contributed by atoms with Gasteiger partial charge >= 0.3 is 0 Å². The summed E-state index contributed by atoms with van der Waals surface area (Å²) in [5.74, 6) is 0.667. The average molecular weight is 398 g/mol. The fraction of sp³-hybridized carbons (Fsp3) is 0.158. The third kappa shape index (κ3) is 3.37. The van der Waals surface area contributed by atoms with E-state index in [0.29, 0.717) is 11.5 Å². The number of para-hydroxylation sites is 1. The van der Waals surface area contributed by atoms with Gasteiger partial charge in [0, 0.05) is 31.4 Å². The van der Waals surface area contributed by atoms with Gasteiger partial charge in [0.05, 0.1) is 18.1 Å². The average Bonchev–Trinajstić information content (AvgIpc) is 3.43. The van der Waals surface area contributed by atoms with Gasteiger partial charge in [0.2, 0.25) is 10.9 Å². The van der Waals surface area contributed by atoms with Crippen molar-refractivity contribution in [2.75, 3.05) is 7.05 Å². The number of aryl methyl sites for hydroxylation is 1. The van der Waals surface area contributed by atoms with Gasteiger partial charge in [0.1, 0.15) is 0 Å². The summed E-state index contributed by atoms with van der Waals surface area (Å²) in [6, 6.07) is 12.4. The first-order chi connectivity index (χ1) is 13.4. The van der Waals surface area contributed by atoms with E-state index in [-0.39, 0.29) is 11.6 Å². The molecule has 0 amide bonds. The van der Waals surface area contributed by atoms with Gasteiger partial charge < -0.3 is 8.94 Å². The number of rotatable bonds is 6. The Bertz CT molecular complexity index is 1190. The molecule has 0 aliphatic carbocycles. The zero-order valence-electron chi connectivity index (χ0n) is 15.3. The maximum absolute atomic E-state index is 12.8. The molecule has 8 nitrogen and oxygen atoms in total. The lowest BCUT2D eigenvalue weighted by Crippen LogP contribution is -2.26. The Balaban J connectivity index is 1.53. The number of benzene rings is 1. The summed E-state index contributed by atoms with van der Waals surface area (Å²) in [5.41, 5.74) is 2.78. The fourth-order valence-corrected chi connectivity index (χ4v) is 3.89. The van der Waals surface area contributed by atoms with Gasteiger partial charge in [-0.2, -0.15) is 9.40 Å². The highest BCUT2D eigenvalue weighted by atomic mass is 32.2. The summed E-state index contributed by atoms with van der Waals surface area (Å²) >= 11 is 0. The van der Waals surface area contributed by atoms with Crippen molar-refractivity contribution in [2.45, 2.75) is 18.6 Å². The molecule has 0 radical (unpaired) electrons. The highest BCUT2D eigenvalue weighted by Crippen LogP contribution is 2.26. The monoisotopic (exact) mass is 398 g/mol. The van der Waals surface area contributed by atoms with Crippen LogP contribution in [0.3, 0.4) is 0 Å². The maximum atomic E-state index is 12.8. The predicted octanol–water partition coefficient (Wildman–Crippen LogP) is 3.25. The molecule has 0 spiro atoms. The lowest BCUT2D eigenvalue weighted by Gasteiger charge is -2.14. The molecule has 0 atom stereocenters. The number of furan rings is 1. The second-order valence-electron chi connectivity index (χ2n) is 6.34. The first-order valence-electron chi connectivity index (χ1n) is 8.52. The summed E-state index contributed by atoms with van der Waals surface area (Å²) in [5, 5.41) is 7.78. The quantitative estimate of drug-likeness (QED) is 0.495. The molecular weight excluding hydrogens is 380 g/mol. The molecule has 0 unspecified atom stereocenters. The van der Waals surface area contributed by atoms with Gasteiger partial charge in [0.15, 0.2) is 5.76 Å². The van der Waals surface area contributed by atoms with Crippen LogP contribution in [-0.2, 0) is 16.6 Å². The molecule has 3 heterocycles. The van der Waals surface area contributed by atoms with Crippen LogP contribution in [0.1, 0.15) is 11.1 Å². The second kappa shape index (κ2) is 7.10. The van der Waals surface area contributed by atoms with Gasteiger partial charge in [-0.1, -0.05) is 23.4 Å². The van der Waals surface area contributed by atoms with E-state index in [1.807, 2.05) is 37.4 Å². The molecule has 0 aliphatic heterocycles. The Kier molecular flexibility index (Phi) is 4.62. The van der Waals surface area contributed by atoms with Crippen LogP contribution in [0.2, 0.25) is 0 Å². The van der Waals surface area contributed by atoms with Gasteiger partial charge in [-0.05, 0) is 30.7 Å². The Hall–Kier alpha value is -3.17. The van der Waals surface area contributed by atoms with E-state index in [9.17, 15) is 8.42 Å². The SMILES string of the molecule is Cc1ccccc1-n1cc(CN(C)S(=O)(=O)c2ccc(-c3ccno3)o2)cn1. The molecule has 1 aromatic carbocycles. The van der Waals surface area contributed by atoms with Crippen LogP contribution in [0.15, 0.2) is 75.1 Å². The van der Waals surface area contributed by atoms with Crippen molar-refractivity contribution in [2.24, 2.45) is 0 Å². The molecule has 144 valence electrons. The number of nitrogens with zero attached hydrogens (tertiary/aromatic N) is 4. The van der Waals surface area contributed by atoms with E-state index in [2.05, 4.69) is 10.3 Å². The van der Waals surface area contributed by atoms with E-state index in [1.165, 1.54) is 29.7 Å². The summed E-state index contributed by atoms with van der Waals surface area (Å²) in [4.78, 5) is 0. The Morgan fingerprint density at radius 3 is 2.68 bits per heavy atom. The number of hydrogen-bond acceptors (Lipinski definition) is 6. The lowest BCUT2D eigenvalue weighted by atomic mass is 10.2. The third-order valence-corrected chi connectivity index (χ3v) is 6.01. The first-order valence-corrected chi connectivity index (χ1v) is 9.96. The minimum atomic E-state index is -3.80. The van der Waals surface area contributed by atoms with Crippen molar-refractivity contribution in [3.05, 3.63) is 72.2 Å². The van der Waals surface area contributed by atoms with Crippen LogP contribution in [0.5, 0.6) is 0 Å². The molecule has 9 heteroatoms. The molecule has 0 saturated heterocycles. The summed E-state index contributed by atoms with van der Waals surface area (Å²) in [7, 11) is -2.31. The van der Waals surface area contributed by atoms with Crippen LogP contribution < -0.4 is 0 Å². The molecule has 0 bridgehead atoms. The minimum Gasteiger partial charge on any atom is -0.440 e. The standard InChI is InChI=1S/C19H18N4O4S/c1-14-5-3-4-6-16(14)23-13-15(11-20-23)12-22(2)28(24,25)19-8-7-17(26-19)18-9-10-21-27-18/h3-11,13H,12H2,1-2H3. The van der Waals surface area contributed by atoms with Crippen LogP contribution in [0.4, 0.5) is 0 Å². The summed E-state index contributed by atoms with van der Waals surface area (Å²) < 4.78 is 39.0. The van der Waals surface area contributed by atoms with E-state index < -0.39 is 10.0 Å². The van der Waals surface area contributed by atoms with Crippen molar-refractivity contribution in [3.8, 4) is 17.2 Å². The molecule has 0 fully saturated rings. The van der Waals surface area contributed by atoms with Crippen LogP contribution in [0.25, 0.3) is 17.2 Å². The van der Waals surface area contributed by atoms with Crippen molar-refractivity contribution >= 4 is 10.0 Å². The lowest BCUT2D eigenvalue weighted by molar-refractivity contribution is 0.388. The minimum absolute atomic E-state index is 0.159. The topological polar surface area (TPSA) is 94.4 Å². The second-order valence-corrected chi connectivity index (χ2v) is 8.31. The number of aromatic nitrogens is 3. The molecule has 0 N–H and O–H groups in total. The number of hydrogen-bond donors (Lipinski definition) is 0. The zero-order valence-corrected chi connectivity index (χ0v) is 16.1. The number of sulfonamides is 1. The van der Waals surface area contributed by atoms with Gasteiger partial charge in [0.25, 0.3) is 10.0 Å². The van der Waals surface area contributed by atoms with Crippen molar-refractivity contribution in [1.82, 2.24) is 19.2 Å².